The average Bonchev–Trinajstić information content (AvgIpc) is 3.18. The van der Waals surface area contributed by atoms with E-state index in [1.54, 1.807) is 0 Å². The summed E-state index contributed by atoms with van der Waals surface area (Å²) in [6.07, 6.45) is 6.50. The van der Waals surface area contributed by atoms with Crippen LogP contribution in [0.3, 0.4) is 0 Å². The van der Waals surface area contributed by atoms with E-state index in [2.05, 4.69) is 39.2 Å². The summed E-state index contributed by atoms with van der Waals surface area (Å²) in [6.45, 7) is 8.69. The predicted molar refractivity (Wildman–Crippen MR) is 98.8 cm³/mol. The molecule has 25 heavy (non-hydrogen) atoms. The number of piperidine rings is 1. The number of hydrogen-bond donors (Lipinski definition) is 0. The minimum Gasteiger partial charge on any atom is -0.379 e. The Kier molecular flexibility index (Phi) is 5.45. The standard InChI is InChI=1S/C20H28N4O/c1-4-18(14-20(6-1)24-9-3-7-21-24)15-23-8-2-5-19(17-23)16-22-10-12-25-13-11-22/h1,3-4,6-7,9,14,19H,2,5,8,10-13,15-17H2. The monoisotopic (exact) mass is 340 g/mol. The van der Waals surface area contributed by atoms with Crippen LogP contribution in [0.4, 0.5) is 0 Å². The van der Waals surface area contributed by atoms with E-state index in [1.165, 1.54) is 38.0 Å². The van der Waals surface area contributed by atoms with Crippen LogP contribution in [0.2, 0.25) is 0 Å². The largest absolute Gasteiger partial charge is 0.379 e. The van der Waals surface area contributed by atoms with Crippen LogP contribution in [0, 0.1) is 5.92 Å². The van der Waals surface area contributed by atoms with Crippen molar-refractivity contribution < 1.29 is 4.74 Å². The van der Waals surface area contributed by atoms with E-state index in [4.69, 9.17) is 4.74 Å². The molecule has 4 rings (SSSR count). The smallest absolute Gasteiger partial charge is 0.0648 e. The van der Waals surface area contributed by atoms with Gasteiger partial charge in [-0.3, -0.25) is 9.80 Å². The highest BCUT2D eigenvalue weighted by Crippen LogP contribution is 2.21. The van der Waals surface area contributed by atoms with Gasteiger partial charge in [-0.05, 0) is 49.1 Å². The van der Waals surface area contributed by atoms with Crippen molar-refractivity contribution in [2.75, 3.05) is 45.9 Å². The van der Waals surface area contributed by atoms with Crippen LogP contribution >= 0.6 is 0 Å². The van der Waals surface area contributed by atoms with E-state index in [0.717, 1.165) is 44.5 Å². The van der Waals surface area contributed by atoms with Crippen molar-refractivity contribution in [1.82, 2.24) is 19.6 Å². The van der Waals surface area contributed by atoms with E-state index in [9.17, 15) is 0 Å². The van der Waals surface area contributed by atoms with Crippen molar-refractivity contribution in [2.24, 2.45) is 5.92 Å². The second kappa shape index (κ2) is 8.13. The van der Waals surface area contributed by atoms with E-state index >= 15 is 0 Å². The maximum atomic E-state index is 5.47. The Morgan fingerprint density at radius 1 is 1.08 bits per heavy atom. The molecule has 0 N–H and O–H groups in total. The van der Waals surface area contributed by atoms with Crippen molar-refractivity contribution in [3.05, 3.63) is 48.3 Å². The number of nitrogens with zero attached hydrogens (tertiary/aromatic N) is 4. The molecule has 0 saturated carbocycles. The average molecular weight is 340 g/mol. The molecule has 2 saturated heterocycles. The lowest BCUT2D eigenvalue weighted by Crippen LogP contribution is -2.44. The van der Waals surface area contributed by atoms with E-state index in [-0.39, 0.29) is 0 Å². The summed E-state index contributed by atoms with van der Waals surface area (Å²) >= 11 is 0. The fourth-order valence-electron chi connectivity index (χ4n) is 4.07. The second-order valence-electron chi connectivity index (χ2n) is 7.28. The van der Waals surface area contributed by atoms with Crippen molar-refractivity contribution in [1.29, 1.82) is 0 Å². The van der Waals surface area contributed by atoms with Gasteiger partial charge >= 0.3 is 0 Å². The normalized spacial score (nSPS) is 23.0. The highest BCUT2D eigenvalue weighted by molar-refractivity contribution is 5.35. The molecule has 0 amide bonds. The maximum absolute atomic E-state index is 5.47. The molecule has 5 nitrogen and oxygen atoms in total. The molecule has 0 aliphatic carbocycles. The summed E-state index contributed by atoms with van der Waals surface area (Å²) in [7, 11) is 0. The lowest BCUT2D eigenvalue weighted by atomic mass is 9.96. The minimum absolute atomic E-state index is 0.793. The van der Waals surface area contributed by atoms with Gasteiger partial charge in [0.15, 0.2) is 0 Å². The zero-order valence-electron chi connectivity index (χ0n) is 14.9. The molecule has 1 aromatic heterocycles. The Morgan fingerprint density at radius 2 is 2.00 bits per heavy atom. The molecule has 134 valence electrons. The van der Waals surface area contributed by atoms with Gasteiger partial charge in [-0.2, -0.15) is 5.10 Å². The van der Waals surface area contributed by atoms with Gasteiger partial charge in [0.1, 0.15) is 0 Å². The first-order chi connectivity index (χ1) is 12.4. The van der Waals surface area contributed by atoms with Crippen LogP contribution in [0.5, 0.6) is 0 Å². The third-order valence-electron chi connectivity index (χ3n) is 5.31. The van der Waals surface area contributed by atoms with Crippen molar-refractivity contribution in [3.8, 4) is 5.69 Å². The van der Waals surface area contributed by atoms with Gasteiger partial charge in [0, 0.05) is 45.1 Å². The number of benzene rings is 1. The van der Waals surface area contributed by atoms with Gasteiger partial charge in [-0.1, -0.05) is 12.1 Å². The van der Waals surface area contributed by atoms with Gasteiger partial charge in [0.25, 0.3) is 0 Å². The van der Waals surface area contributed by atoms with Crippen LogP contribution in [0.1, 0.15) is 18.4 Å². The van der Waals surface area contributed by atoms with Crippen LogP contribution in [0.15, 0.2) is 42.7 Å². The molecule has 1 unspecified atom stereocenters. The quantitative estimate of drug-likeness (QED) is 0.837. The molecule has 0 spiro atoms. The summed E-state index contributed by atoms with van der Waals surface area (Å²) in [6, 6.07) is 10.7. The van der Waals surface area contributed by atoms with Gasteiger partial charge in [0.2, 0.25) is 0 Å². The third-order valence-corrected chi connectivity index (χ3v) is 5.31. The molecule has 2 aromatic rings. The first kappa shape index (κ1) is 16.8. The lowest BCUT2D eigenvalue weighted by Gasteiger charge is -2.36. The maximum Gasteiger partial charge on any atom is 0.0648 e. The number of morpholine rings is 1. The number of aromatic nitrogens is 2. The molecule has 2 aliphatic rings. The third kappa shape index (κ3) is 4.48. The molecular weight excluding hydrogens is 312 g/mol. The highest BCUT2D eigenvalue weighted by Gasteiger charge is 2.23. The first-order valence-corrected chi connectivity index (χ1v) is 9.48. The number of likely N-dealkylation sites (tertiary alicyclic amines) is 1. The Hall–Kier alpha value is -1.69. The number of rotatable bonds is 5. The van der Waals surface area contributed by atoms with Crippen molar-refractivity contribution >= 4 is 0 Å². The Balaban J connectivity index is 1.35. The molecule has 2 fully saturated rings. The van der Waals surface area contributed by atoms with Crippen LogP contribution < -0.4 is 0 Å². The minimum atomic E-state index is 0.793. The van der Waals surface area contributed by atoms with E-state index in [0.29, 0.717) is 0 Å². The van der Waals surface area contributed by atoms with Gasteiger partial charge in [-0.25, -0.2) is 4.68 Å². The predicted octanol–water partition coefficient (Wildman–Crippen LogP) is 2.42. The Labute approximate surface area is 150 Å². The summed E-state index contributed by atoms with van der Waals surface area (Å²) in [4.78, 5) is 5.20. The van der Waals surface area contributed by atoms with Crippen LogP contribution in [0.25, 0.3) is 5.69 Å². The topological polar surface area (TPSA) is 33.5 Å². The summed E-state index contributed by atoms with van der Waals surface area (Å²) in [5, 5.41) is 4.34. The van der Waals surface area contributed by atoms with Crippen LogP contribution in [-0.2, 0) is 11.3 Å². The van der Waals surface area contributed by atoms with Crippen LogP contribution in [-0.4, -0.2) is 65.5 Å². The first-order valence-electron chi connectivity index (χ1n) is 9.48. The number of hydrogen-bond acceptors (Lipinski definition) is 4. The molecule has 1 aromatic carbocycles. The zero-order valence-corrected chi connectivity index (χ0v) is 14.9. The van der Waals surface area contributed by atoms with Gasteiger partial charge in [0.05, 0.1) is 18.9 Å². The molecule has 5 heteroatoms. The molecule has 3 heterocycles. The molecule has 1 atom stereocenters. The highest BCUT2D eigenvalue weighted by atomic mass is 16.5. The molecular formula is C20H28N4O. The fraction of sp³-hybridized carbons (Fsp3) is 0.550. The number of ether oxygens (including phenoxy) is 1. The summed E-state index contributed by atoms with van der Waals surface area (Å²) in [5.74, 6) is 0.793. The summed E-state index contributed by atoms with van der Waals surface area (Å²) in [5.41, 5.74) is 2.52. The zero-order chi connectivity index (χ0) is 16.9. The van der Waals surface area contributed by atoms with E-state index < -0.39 is 0 Å². The lowest BCUT2D eigenvalue weighted by molar-refractivity contribution is 0.0224. The van der Waals surface area contributed by atoms with Crippen molar-refractivity contribution in [2.45, 2.75) is 19.4 Å². The Bertz CT molecular complexity index is 651. The second-order valence-corrected chi connectivity index (χ2v) is 7.28. The van der Waals surface area contributed by atoms with E-state index in [1.807, 2.05) is 23.1 Å². The van der Waals surface area contributed by atoms with Gasteiger partial charge in [-0.15, -0.1) is 0 Å². The fourth-order valence-corrected chi connectivity index (χ4v) is 4.07. The molecule has 0 bridgehead atoms. The van der Waals surface area contributed by atoms with Crippen molar-refractivity contribution in [3.63, 3.8) is 0 Å². The van der Waals surface area contributed by atoms with Gasteiger partial charge < -0.3 is 4.74 Å². The Morgan fingerprint density at radius 3 is 2.84 bits per heavy atom. The SMILES string of the molecule is c1cc(CN2CCCC(CN3CCOCC3)C2)cc(-n2cccn2)c1. The summed E-state index contributed by atoms with van der Waals surface area (Å²) < 4.78 is 7.40. The molecule has 2 aliphatic heterocycles. The molecule has 0 radical (unpaired) electrons.